The highest BCUT2D eigenvalue weighted by Crippen LogP contribution is 2.26. The van der Waals surface area contributed by atoms with Crippen LogP contribution in [-0.4, -0.2) is 24.2 Å². The summed E-state index contributed by atoms with van der Waals surface area (Å²) in [5.74, 6) is 2.11. The van der Waals surface area contributed by atoms with Gasteiger partial charge in [-0.3, -0.25) is 9.59 Å². The maximum absolute atomic E-state index is 11.0. The van der Waals surface area contributed by atoms with E-state index in [1.54, 1.807) is 6.92 Å². The van der Waals surface area contributed by atoms with E-state index < -0.39 is 0 Å². The predicted molar refractivity (Wildman–Crippen MR) is 97.8 cm³/mol. The number of rotatable bonds is 1. The molecular weight excluding hydrogens is 340 g/mol. The second-order valence-corrected chi connectivity index (χ2v) is 6.19. The number of carbonyl (C=O) groups excluding carboxylic acids is 2. The number of halogens is 1. The first-order chi connectivity index (χ1) is 12.0. The molecular formula is C20H21ClO4. The van der Waals surface area contributed by atoms with Crippen LogP contribution in [0.4, 0.5) is 0 Å². The van der Waals surface area contributed by atoms with Gasteiger partial charge in [0.2, 0.25) is 5.24 Å². The monoisotopic (exact) mass is 360 g/mol. The zero-order chi connectivity index (χ0) is 18.2. The van der Waals surface area contributed by atoms with Crippen LogP contribution in [-0.2, 0) is 17.6 Å². The molecule has 4 nitrogen and oxygen atoms in total. The number of ether oxygens (including phenoxy) is 2. The number of carbonyl (C=O) groups is 2. The fourth-order valence-corrected chi connectivity index (χ4v) is 2.53. The minimum absolute atomic E-state index is 0.115. The molecule has 2 aromatic carbocycles. The first-order valence-corrected chi connectivity index (χ1v) is 8.48. The molecule has 0 spiro atoms. The molecule has 0 N–H and O–H groups in total. The quantitative estimate of drug-likeness (QED) is 0.564. The highest BCUT2D eigenvalue weighted by atomic mass is 35.5. The lowest BCUT2D eigenvalue weighted by molar-refractivity contribution is -0.109. The van der Waals surface area contributed by atoms with Crippen molar-refractivity contribution in [1.82, 2.24) is 0 Å². The lowest BCUT2D eigenvalue weighted by Crippen LogP contribution is -1.92. The summed E-state index contributed by atoms with van der Waals surface area (Å²) < 4.78 is 10.6. The van der Waals surface area contributed by atoms with Gasteiger partial charge in [0, 0.05) is 25.3 Å². The molecule has 0 saturated carbocycles. The Kier molecular flexibility index (Phi) is 7.02. The average Bonchev–Trinajstić information content (AvgIpc) is 3.23. The van der Waals surface area contributed by atoms with Crippen LogP contribution in [0.25, 0.3) is 0 Å². The third-order valence-electron chi connectivity index (χ3n) is 3.70. The molecule has 0 bridgehead atoms. The van der Waals surface area contributed by atoms with E-state index in [2.05, 4.69) is 17.7 Å². The third kappa shape index (κ3) is 5.91. The van der Waals surface area contributed by atoms with Crippen molar-refractivity contribution in [3.63, 3.8) is 0 Å². The molecule has 0 atom stereocenters. The summed E-state index contributed by atoms with van der Waals surface area (Å²) in [6, 6.07) is 13.8. The molecule has 0 saturated heterocycles. The van der Waals surface area contributed by atoms with Gasteiger partial charge >= 0.3 is 0 Å². The Morgan fingerprint density at radius 2 is 1.44 bits per heavy atom. The van der Waals surface area contributed by atoms with Gasteiger partial charge in [-0.25, -0.2) is 0 Å². The van der Waals surface area contributed by atoms with Crippen LogP contribution in [0.3, 0.4) is 0 Å². The Balaban J connectivity index is 0.000000153. The molecule has 2 aliphatic heterocycles. The molecule has 0 aliphatic carbocycles. The number of fused-ring (bicyclic) bond motifs is 2. The van der Waals surface area contributed by atoms with Crippen LogP contribution >= 0.6 is 11.6 Å². The highest BCUT2D eigenvalue weighted by molar-refractivity contribution is 6.62. The molecule has 0 fully saturated rings. The number of ketones is 1. The van der Waals surface area contributed by atoms with Gasteiger partial charge in [-0.2, -0.15) is 0 Å². The van der Waals surface area contributed by atoms with E-state index in [9.17, 15) is 9.59 Å². The zero-order valence-corrected chi connectivity index (χ0v) is 15.1. The summed E-state index contributed by atoms with van der Waals surface area (Å²) in [5.41, 5.74) is 3.28. The van der Waals surface area contributed by atoms with E-state index in [4.69, 9.17) is 9.47 Å². The molecule has 0 unspecified atom stereocenters. The molecule has 0 radical (unpaired) electrons. The largest absolute Gasteiger partial charge is 0.493 e. The molecule has 2 aliphatic rings. The van der Waals surface area contributed by atoms with Gasteiger partial charge in [0.1, 0.15) is 11.5 Å². The van der Waals surface area contributed by atoms with Crippen molar-refractivity contribution in [1.29, 1.82) is 0 Å². The van der Waals surface area contributed by atoms with Crippen LogP contribution in [0, 0.1) is 0 Å². The summed E-state index contributed by atoms with van der Waals surface area (Å²) in [6.45, 7) is 4.48. The minimum Gasteiger partial charge on any atom is -0.493 e. The van der Waals surface area contributed by atoms with Crippen molar-refractivity contribution in [3.8, 4) is 11.5 Å². The lowest BCUT2D eigenvalue weighted by Gasteiger charge is -1.99. The van der Waals surface area contributed by atoms with Crippen molar-refractivity contribution in [3.05, 3.63) is 59.2 Å². The third-order valence-corrected chi connectivity index (χ3v) is 3.70. The van der Waals surface area contributed by atoms with Gasteiger partial charge in [-0.15, -0.1) is 0 Å². The van der Waals surface area contributed by atoms with Gasteiger partial charge in [0.25, 0.3) is 0 Å². The fourth-order valence-electron chi connectivity index (χ4n) is 2.53. The summed E-state index contributed by atoms with van der Waals surface area (Å²) >= 11 is 4.64. The normalized spacial score (nSPS) is 12.9. The number of benzene rings is 2. The first-order valence-electron chi connectivity index (χ1n) is 8.11. The SMILES string of the molecule is CC(=O)Cl.CC(=O)c1ccc2c(c1)CCO2.c1ccc2c(c1)CCO2. The Morgan fingerprint density at radius 1 is 0.880 bits per heavy atom. The molecule has 25 heavy (non-hydrogen) atoms. The van der Waals surface area contributed by atoms with E-state index in [1.165, 1.54) is 12.5 Å². The maximum Gasteiger partial charge on any atom is 0.218 e. The summed E-state index contributed by atoms with van der Waals surface area (Å²) in [4.78, 5) is 20.2. The standard InChI is InChI=1S/C10H10O2.C8H8O.C2H3ClO/c1-7(11)8-2-3-10-9(6-8)4-5-12-10;1-2-4-8-7(3-1)5-6-9-8;1-2(3)4/h2-3,6H,4-5H2,1H3;1-4H,5-6H2;1H3. The summed E-state index contributed by atoms with van der Waals surface area (Å²) in [6.07, 6.45) is 2.01. The van der Waals surface area contributed by atoms with E-state index in [0.717, 1.165) is 48.7 Å². The number of para-hydroxylation sites is 1. The Morgan fingerprint density at radius 3 is 2.04 bits per heavy atom. The average molecular weight is 361 g/mol. The number of Topliss-reactive ketones (excluding diaryl/α,β-unsaturated/α-hetero) is 1. The van der Waals surface area contributed by atoms with Crippen molar-refractivity contribution in [2.75, 3.05) is 13.2 Å². The molecule has 2 heterocycles. The topological polar surface area (TPSA) is 52.6 Å². The van der Waals surface area contributed by atoms with Crippen molar-refractivity contribution in [2.24, 2.45) is 0 Å². The van der Waals surface area contributed by atoms with E-state index in [1.807, 2.05) is 36.4 Å². The van der Waals surface area contributed by atoms with E-state index in [0.29, 0.717) is 0 Å². The summed E-state index contributed by atoms with van der Waals surface area (Å²) in [5, 5.41) is -0.361. The molecule has 0 aromatic heterocycles. The van der Waals surface area contributed by atoms with Gasteiger partial charge in [-0.05, 0) is 53.9 Å². The fraction of sp³-hybridized carbons (Fsp3) is 0.300. The second-order valence-electron chi connectivity index (χ2n) is 5.65. The Bertz CT molecular complexity index is 728. The van der Waals surface area contributed by atoms with Gasteiger partial charge in [-0.1, -0.05) is 18.2 Å². The highest BCUT2D eigenvalue weighted by Gasteiger charge is 2.12. The second kappa shape index (κ2) is 9.23. The van der Waals surface area contributed by atoms with Crippen LogP contribution in [0.1, 0.15) is 35.3 Å². The van der Waals surface area contributed by atoms with Crippen molar-refractivity contribution in [2.45, 2.75) is 26.7 Å². The number of hydrogen-bond acceptors (Lipinski definition) is 4. The van der Waals surface area contributed by atoms with Gasteiger partial charge < -0.3 is 9.47 Å². The smallest absolute Gasteiger partial charge is 0.218 e. The predicted octanol–water partition coefficient (Wildman–Crippen LogP) is 4.22. The Hall–Kier alpha value is -2.33. The molecule has 2 aromatic rings. The van der Waals surface area contributed by atoms with Crippen molar-refractivity contribution >= 4 is 22.6 Å². The number of hydrogen-bond donors (Lipinski definition) is 0. The molecule has 132 valence electrons. The maximum atomic E-state index is 11.0. The Labute approximate surface area is 152 Å². The summed E-state index contributed by atoms with van der Waals surface area (Å²) in [7, 11) is 0. The van der Waals surface area contributed by atoms with Crippen LogP contribution in [0.5, 0.6) is 11.5 Å². The molecule has 4 rings (SSSR count). The first kappa shape index (κ1) is 19.0. The van der Waals surface area contributed by atoms with E-state index in [-0.39, 0.29) is 11.0 Å². The van der Waals surface area contributed by atoms with Gasteiger partial charge in [0.15, 0.2) is 5.78 Å². The van der Waals surface area contributed by atoms with Crippen LogP contribution < -0.4 is 9.47 Å². The zero-order valence-electron chi connectivity index (χ0n) is 14.4. The van der Waals surface area contributed by atoms with Crippen molar-refractivity contribution < 1.29 is 19.1 Å². The molecule has 5 heteroatoms. The van der Waals surface area contributed by atoms with E-state index >= 15 is 0 Å². The molecule has 0 amide bonds. The van der Waals surface area contributed by atoms with Crippen LogP contribution in [0.15, 0.2) is 42.5 Å². The van der Waals surface area contributed by atoms with Crippen LogP contribution in [0.2, 0.25) is 0 Å². The minimum atomic E-state index is -0.361. The lowest BCUT2D eigenvalue weighted by atomic mass is 10.1. The van der Waals surface area contributed by atoms with Gasteiger partial charge in [0.05, 0.1) is 13.2 Å².